The summed E-state index contributed by atoms with van der Waals surface area (Å²) in [7, 11) is 1.90. The van der Waals surface area contributed by atoms with E-state index in [0.29, 0.717) is 0 Å². The monoisotopic (exact) mass is 303 g/mol. The van der Waals surface area contributed by atoms with Crippen molar-refractivity contribution < 1.29 is 9.50 Å². The topological polar surface area (TPSA) is 41.3 Å². The van der Waals surface area contributed by atoms with Crippen LogP contribution >= 0.6 is 0 Å². The van der Waals surface area contributed by atoms with Crippen molar-refractivity contribution in [3.8, 4) is 0 Å². The summed E-state index contributed by atoms with van der Waals surface area (Å²) in [6, 6.07) is 6.74. The number of hydrogen-bond acceptors (Lipinski definition) is 3. The number of piperidine rings is 1. The Hall–Kier alpha value is -1.72. The lowest BCUT2D eigenvalue weighted by Gasteiger charge is -2.34. The average Bonchev–Trinajstić information content (AvgIpc) is 2.93. The fraction of sp³-hybridized carbons (Fsp3) is 0.471. The van der Waals surface area contributed by atoms with Gasteiger partial charge in [0.25, 0.3) is 0 Å². The Labute approximate surface area is 130 Å². The largest absolute Gasteiger partial charge is 0.385 e. The Morgan fingerprint density at radius 3 is 3.05 bits per heavy atom. The molecule has 1 aromatic heterocycles. The van der Waals surface area contributed by atoms with Gasteiger partial charge in [0.05, 0.1) is 0 Å². The number of aliphatic hydroxyl groups is 1. The van der Waals surface area contributed by atoms with Crippen molar-refractivity contribution in [3.05, 3.63) is 53.9 Å². The molecule has 1 saturated heterocycles. The van der Waals surface area contributed by atoms with Crippen LogP contribution < -0.4 is 0 Å². The van der Waals surface area contributed by atoms with E-state index in [0.717, 1.165) is 43.9 Å². The maximum absolute atomic E-state index is 13.3. The van der Waals surface area contributed by atoms with E-state index >= 15 is 0 Å². The highest BCUT2D eigenvalue weighted by atomic mass is 19.1. The Bertz CT molecular complexity index is 628. The van der Waals surface area contributed by atoms with Gasteiger partial charge < -0.3 is 9.67 Å². The summed E-state index contributed by atoms with van der Waals surface area (Å²) in [5, 5.41) is 10.6. The zero-order valence-corrected chi connectivity index (χ0v) is 12.8. The smallest absolute Gasteiger partial charge is 0.137 e. The van der Waals surface area contributed by atoms with Crippen molar-refractivity contribution in [1.82, 2.24) is 14.5 Å². The van der Waals surface area contributed by atoms with E-state index < -0.39 is 6.10 Å². The van der Waals surface area contributed by atoms with E-state index in [1.54, 1.807) is 18.3 Å². The van der Waals surface area contributed by atoms with Crippen molar-refractivity contribution in [3.63, 3.8) is 0 Å². The van der Waals surface area contributed by atoms with E-state index in [9.17, 15) is 9.50 Å². The Kier molecular flexibility index (Phi) is 4.55. The number of likely N-dealkylation sites (tertiary alicyclic amines) is 1. The van der Waals surface area contributed by atoms with E-state index in [-0.39, 0.29) is 11.7 Å². The number of aryl methyl sites for hydroxylation is 1. The first-order valence-electron chi connectivity index (χ1n) is 7.75. The minimum Gasteiger partial charge on any atom is -0.385 e. The number of imidazole rings is 1. The minimum absolute atomic E-state index is 0.170. The number of hydrogen-bond donors (Lipinski definition) is 1. The fourth-order valence-electron chi connectivity index (χ4n) is 3.26. The van der Waals surface area contributed by atoms with E-state index in [4.69, 9.17) is 0 Å². The van der Waals surface area contributed by atoms with Crippen molar-refractivity contribution in [2.45, 2.75) is 25.5 Å². The molecular weight excluding hydrogens is 281 g/mol. The van der Waals surface area contributed by atoms with Gasteiger partial charge in [-0.1, -0.05) is 12.1 Å². The molecular formula is C17H22FN3O. The first-order chi connectivity index (χ1) is 10.6. The molecule has 1 fully saturated rings. The molecule has 2 heterocycles. The lowest BCUT2D eigenvalue weighted by molar-refractivity contribution is 0.0404. The molecule has 3 rings (SSSR count). The third-order valence-corrected chi connectivity index (χ3v) is 4.41. The maximum atomic E-state index is 13.3. The highest BCUT2D eigenvalue weighted by molar-refractivity contribution is 5.16. The van der Waals surface area contributed by atoms with Crippen molar-refractivity contribution >= 4 is 0 Å². The molecule has 0 aliphatic carbocycles. The number of aliphatic hydroxyl groups excluding tert-OH is 1. The highest BCUT2D eigenvalue weighted by Gasteiger charge is 2.29. The van der Waals surface area contributed by atoms with Crippen LogP contribution in [0.25, 0.3) is 0 Å². The van der Waals surface area contributed by atoms with Gasteiger partial charge >= 0.3 is 0 Å². The van der Waals surface area contributed by atoms with Crippen LogP contribution in [0.2, 0.25) is 0 Å². The molecule has 1 aliphatic rings. The molecule has 1 N–H and O–H groups in total. The predicted octanol–water partition coefficient (Wildman–Crippen LogP) is 2.50. The molecule has 22 heavy (non-hydrogen) atoms. The van der Waals surface area contributed by atoms with Crippen molar-refractivity contribution in [2.75, 3.05) is 13.1 Å². The van der Waals surface area contributed by atoms with Crippen LogP contribution in [0.15, 0.2) is 36.7 Å². The minimum atomic E-state index is -0.546. The maximum Gasteiger partial charge on any atom is 0.137 e. The average molecular weight is 303 g/mol. The van der Waals surface area contributed by atoms with Gasteiger partial charge in [-0.3, -0.25) is 4.90 Å². The lowest BCUT2D eigenvalue weighted by Crippen LogP contribution is -2.37. The second-order valence-electron chi connectivity index (χ2n) is 6.11. The molecule has 0 radical (unpaired) electrons. The molecule has 2 unspecified atom stereocenters. The Morgan fingerprint density at radius 2 is 2.32 bits per heavy atom. The number of aromatic nitrogens is 2. The molecule has 4 nitrogen and oxygen atoms in total. The third-order valence-electron chi connectivity index (χ3n) is 4.41. The van der Waals surface area contributed by atoms with E-state index in [1.165, 1.54) is 6.07 Å². The third kappa shape index (κ3) is 3.36. The van der Waals surface area contributed by atoms with Gasteiger partial charge in [-0.25, -0.2) is 9.37 Å². The first kappa shape index (κ1) is 15.2. The molecule has 5 heteroatoms. The zero-order valence-electron chi connectivity index (χ0n) is 12.8. The molecule has 2 aromatic rings. The quantitative estimate of drug-likeness (QED) is 0.943. The van der Waals surface area contributed by atoms with Crippen LogP contribution in [0.5, 0.6) is 0 Å². The van der Waals surface area contributed by atoms with Crippen LogP contribution in [0.3, 0.4) is 0 Å². The summed E-state index contributed by atoms with van der Waals surface area (Å²) in [4.78, 5) is 6.54. The van der Waals surface area contributed by atoms with Gasteiger partial charge in [-0.15, -0.1) is 0 Å². The Balaban J connectivity index is 1.65. The molecule has 0 spiro atoms. The molecule has 118 valence electrons. The highest BCUT2D eigenvalue weighted by Crippen LogP contribution is 2.29. The number of rotatable bonds is 4. The van der Waals surface area contributed by atoms with Gasteiger partial charge in [-0.05, 0) is 37.1 Å². The van der Waals surface area contributed by atoms with Crippen LogP contribution in [-0.4, -0.2) is 32.6 Å². The number of nitrogens with zero attached hydrogens (tertiary/aromatic N) is 3. The van der Waals surface area contributed by atoms with Crippen molar-refractivity contribution in [2.24, 2.45) is 13.0 Å². The second-order valence-corrected chi connectivity index (χ2v) is 6.11. The van der Waals surface area contributed by atoms with E-state index in [1.807, 2.05) is 23.9 Å². The summed E-state index contributed by atoms with van der Waals surface area (Å²) in [6.07, 6.45) is 5.06. The zero-order chi connectivity index (χ0) is 15.5. The molecule has 0 amide bonds. The van der Waals surface area contributed by atoms with Gasteiger partial charge in [0, 0.05) is 38.4 Å². The van der Waals surface area contributed by atoms with Gasteiger partial charge in [-0.2, -0.15) is 0 Å². The Morgan fingerprint density at radius 1 is 1.45 bits per heavy atom. The van der Waals surface area contributed by atoms with Gasteiger partial charge in [0.15, 0.2) is 0 Å². The number of halogens is 1. The number of benzene rings is 1. The molecule has 0 saturated carbocycles. The lowest BCUT2D eigenvalue weighted by atomic mass is 9.91. The van der Waals surface area contributed by atoms with Crippen LogP contribution in [0.1, 0.15) is 30.3 Å². The summed E-state index contributed by atoms with van der Waals surface area (Å²) in [5.41, 5.74) is 0.979. The molecule has 1 aliphatic heterocycles. The summed E-state index contributed by atoms with van der Waals surface area (Å²) < 4.78 is 15.2. The second kappa shape index (κ2) is 6.58. The summed E-state index contributed by atoms with van der Waals surface area (Å²) >= 11 is 0. The van der Waals surface area contributed by atoms with Crippen LogP contribution in [-0.2, 0) is 13.6 Å². The molecule has 2 atom stereocenters. The predicted molar refractivity (Wildman–Crippen MR) is 82.6 cm³/mol. The SMILES string of the molecule is Cn1ccnc1C(O)C1CCCN(Cc2cccc(F)c2)C1. The van der Waals surface area contributed by atoms with Gasteiger partial charge in [0.2, 0.25) is 0 Å². The van der Waals surface area contributed by atoms with Crippen LogP contribution in [0.4, 0.5) is 4.39 Å². The summed E-state index contributed by atoms with van der Waals surface area (Å²) in [5.74, 6) is 0.695. The van der Waals surface area contributed by atoms with E-state index in [2.05, 4.69) is 9.88 Å². The van der Waals surface area contributed by atoms with Crippen LogP contribution in [0, 0.1) is 11.7 Å². The van der Waals surface area contributed by atoms with Gasteiger partial charge in [0.1, 0.15) is 17.7 Å². The standard InChI is InChI=1S/C17H22FN3O/c1-20-9-7-19-17(20)16(22)14-5-3-8-21(12-14)11-13-4-2-6-15(18)10-13/h2,4,6-7,9-10,14,16,22H,3,5,8,11-12H2,1H3. The normalized spacial score (nSPS) is 21.0. The van der Waals surface area contributed by atoms with Crippen molar-refractivity contribution in [1.29, 1.82) is 0 Å². The molecule has 0 bridgehead atoms. The first-order valence-corrected chi connectivity index (χ1v) is 7.75. The summed E-state index contributed by atoms with van der Waals surface area (Å²) in [6.45, 7) is 2.52. The fourth-order valence-corrected chi connectivity index (χ4v) is 3.26. The molecule has 1 aromatic carbocycles.